The molecular formula is C55H66N11NaO18S2. The fraction of sp³-hybridized carbons (Fsp3) is 0.491. The molecular weight excluding hydrogens is 1190 g/mol. The van der Waals surface area contributed by atoms with E-state index >= 15 is 0 Å². The van der Waals surface area contributed by atoms with E-state index in [0.717, 1.165) is 66.0 Å². The molecule has 4 fully saturated rings. The monoisotopic (exact) mass is 1260 g/mol. The molecule has 4 saturated heterocycles. The maximum atomic E-state index is 14.6. The number of anilines is 1. The van der Waals surface area contributed by atoms with Crippen molar-refractivity contribution in [3.05, 3.63) is 77.9 Å². The number of carbonyl (C=O) groups excluding carboxylic acids is 7. The number of β-amino-alcohol motifs (C(OH)–C–C–N with tert-alkyl or cyclic N) is 1. The summed E-state index contributed by atoms with van der Waals surface area (Å²) in [6.45, 7) is 2.96. The van der Waals surface area contributed by atoms with Gasteiger partial charge in [-0.2, -0.15) is 5.26 Å². The zero-order valence-corrected chi connectivity index (χ0v) is 51.1. The Morgan fingerprint density at radius 3 is 2.08 bits per heavy atom. The molecule has 462 valence electrons. The Balaban J connectivity index is 0.0000108. The minimum Gasteiger partial charge on any atom is -0.691 e. The molecule has 29 nitrogen and oxygen atoms in total. The number of benzene rings is 3. The number of nitriles is 1. The second kappa shape index (κ2) is 31.0. The van der Waals surface area contributed by atoms with Crippen LogP contribution in [0.15, 0.2) is 66.7 Å². The average Bonchev–Trinajstić information content (AvgIpc) is 2.03. The molecule has 1 aromatic heterocycles. The van der Waals surface area contributed by atoms with Crippen LogP contribution in [-0.2, 0) is 44.6 Å². The van der Waals surface area contributed by atoms with E-state index < -0.39 is 165 Å². The molecule has 0 saturated carbocycles. The van der Waals surface area contributed by atoms with E-state index in [4.69, 9.17) is 4.18 Å². The zero-order chi connectivity index (χ0) is 61.9. The molecule has 4 aromatic rings. The number of phenolic OH excluding ortho intramolecular Hbond substituents is 1. The van der Waals surface area contributed by atoms with Gasteiger partial charge < -0.3 is 86.5 Å². The zero-order valence-electron chi connectivity index (χ0n) is 47.5. The molecule has 0 aliphatic carbocycles. The number of nitrogens with one attached hydrogen (secondary N) is 5. The summed E-state index contributed by atoms with van der Waals surface area (Å²) < 4.78 is 9.15. The van der Waals surface area contributed by atoms with Crippen LogP contribution in [0.5, 0.6) is 11.5 Å². The molecule has 4 aliphatic heterocycles. The van der Waals surface area contributed by atoms with Crippen LogP contribution < -0.4 is 70.5 Å². The standard InChI is InChI=1S/C55H67N11O18S2.Na/c1-27-25-66-45(46(27)73)51(78)57-24-34(68)22-36(58-47(74)30-7-9-31(10-8-30)52-62-63-53(85-52)32-11-13-33(14-12-32)64-18-4-3-5-19-64)48(75)59-42(28(2)67)54(79)65-26-35(69)23-37(65)49(76)60-43(50(77)61-44(55(66)80)39(71)16-17-56)40(72)20-29-6-15-38(70)41(21-29)82-86-84-83-81;/h6-15,21,27-28,34-37,39-40,42-46,67-73,81H,3-5,16,18-20,22-26H2,1-2H3,(H,57,78)(H,58,74)(H,59,75)(H,60,76)(H,61,77);/q;+1/p-1/t27?,28?,34-,35?,36-,37?,39+,40+,42?,43?,44-,45?,46-;/m0./s1. The average molecular weight is 1260 g/mol. The number of phenols is 1. The van der Waals surface area contributed by atoms with Crippen molar-refractivity contribution >= 4 is 70.7 Å². The van der Waals surface area contributed by atoms with Crippen molar-refractivity contribution in [1.82, 2.24) is 46.6 Å². The molecule has 12 N–H and O–H groups in total. The quantitative estimate of drug-likeness (QED) is 0.0174. The van der Waals surface area contributed by atoms with Crippen LogP contribution in [-0.4, -0.2) is 203 Å². The number of piperidine rings is 1. The van der Waals surface area contributed by atoms with Crippen LogP contribution in [0.3, 0.4) is 0 Å². The van der Waals surface area contributed by atoms with Crippen LogP contribution in [0.25, 0.3) is 21.1 Å². The smallest absolute Gasteiger partial charge is 0.691 e. The van der Waals surface area contributed by atoms with Gasteiger partial charge in [0, 0.05) is 80.3 Å². The van der Waals surface area contributed by atoms with Gasteiger partial charge in [0.15, 0.2) is 11.5 Å². The molecule has 3 aromatic carbocycles. The Morgan fingerprint density at radius 1 is 0.805 bits per heavy atom. The molecule has 4 aliphatic rings. The van der Waals surface area contributed by atoms with Crippen molar-refractivity contribution in [3.8, 4) is 38.7 Å². The molecule has 5 heterocycles. The van der Waals surface area contributed by atoms with Crippen molar-refractivity contribution in [2.45, 2.75) is 132 Å². The van der Waals surface area contributed by atoms with Crippen LogP contribution in [0.4, 0.5) is 5.69 Å². The summed E-state index contributed by atoms with van der Waals surface area (Å²) in [5, 5.41) is 124. The number of hydrogen-bond acceptors (Lipinski definition) is 24. The van der Waals surface area contributed by atoms with Gasteiger partial charge in [-0.15, -0.1) is 14.5 Å². The predicted molar refractivity (Wildman–Crippen MR) is 300 cm³/mol. The fourth-order valence-corrected chi connectivity index (χ4v) is 11.8. The molecule has 8 rings (SSSR count). The summed E-state index contributed by atoms with van der Waals surface area (Å²) in [5.41, 5.74) is 2.72. The van der Waals surface area contributed by atoms with Gasteiger partial charge in [0.25, 0.3) is 18.2 Å². The van der Waals surface area contributed by atoms with E-state index in [0.29, 0.717) is 15.6 Å². The van der Waals surface area contributed by atoms with E-state index in [2.05, 4.69) is 63.2 Å². The largest absolute Gasteiger partial charge is 1.00 e. The van der Waals surface area contributed by atoms with E-state index in [1.807, 2.05) is 12.1 Å². The summed E-state index contributed by atoms with van der Waals surface area (Å²) in [6, 6.07) is 7.95. The number of aliphatic hydroxyl groups is 6. The van der Waals surface area contributed by atoms with Gasteiger partial charge in [-0.1, -0.05) is 36.5 Å². The number of amides is 7. The number of aliphatic hydroxyl groups excluding tert-OH is 6. The first-order valence-electron chi connectivity index (χ1n) is 27.6. The van der Waals surface area contributed by atoms with Gasteiger partial charge in [0.05, 0.1) is 49.1 Å². The molecule has 13 atom stereocenters. The number of rotatable bonds is 15. The maximum absolute atomic E-state index is 14.6. The Kier molecular flexibility index (Phi) is 24.2. The Morgan fingerprint density at radius 2 is 1.44 bits per heavy atom. The van der Waals surface area contributed by atoms with Crippen LogP contribution in [0.1, 0.15) is 68.3 Å². The first-order valence-corrected chi connectivity index (χ1v) is 29.1. The number of nitrogens with zero attached hydrogens (tertiary/aromatic N) is 6. The summed E-state index contributed by atoms with van der Waals surface area (Å²) in [7, 11) is 0. The van der Waals surface area contributed by atoms with E-state index in [9.17, 15) is 79.8 Å². The van der Waals surface area contributed by atoms with Crippen LogP contribution in [0.2, 0.25) is 0 Å². The summed E-state index contributed by atoms with van der Waals surface area (Å²) >= 11 is 1.34. The Bertz CT molecular complexity index is 3120. The topological polar surface area (TPSA) is 431 Å². The molecule has 32 heteroatoms. The number of hydrogen-bond donors (Lipinski definition) is 12. The molecule has 7 amide bonds. The SMILES string of the molecule is CC(O)C1NC(=O)[C@@H](NC(=O)c2ccc(-c3nnc(-c4ccc(N5CCCCC5)cc4)s3)cc2)C[C@H](O)CNC(=O)C2[C@@H](O)C(C)CN2C(=O)[C@H]([C@H](O)CC#N)NC(=O)C([C@H](O)Cc2ccc(O)c(OSOO[O-])c2)NC(=O)C2CC(O)CN2C1=O.[Na+]. The summed E-state index contributed by atoms with van der Waals surface area (Å²) in [6.07, 6.45) is -9.64. The minimum absolute atomic E-state index is 0. The van der Waals surface area contributed by atoms with Crippen molar-refractivity contribution in [3.63, 3.8) is 0 Å². The fourth-order valence-electron chi connectivity index (χ4n) is 10.7. The third-order valence-corrected chi connectivity index (χ3v) is 16.7. The molecule has 87 heavy (non-hydrogen) atoms. The van der Waals surface area contributed by atoms with Gasteiger partial charge in [0.1, 0.15) is 46.3 Å². The van der Waals surface area contributed by atoms with E-state index in [1.54, 1.807) is 18.2 Å². The van der Waals surface area contributed by atoms with E-state index in [-0.39, 0.29) is 65.3 Å². The second-order valence-corrected chi connectivity index (χ2v) is 23.0. The Labute approximate surface area is 528 Å². The number of aromatic hydroxyl groups is 1. The van der Waals surface area contributed by atoms with Gasteiger partial charge in [-0.25, -0.2) is 0 Å². The first-order chi connectivity index (χ1) is 41.1. The molecule has 0 radical (unpaired) electrons. The van der Waals surface area contributed by atoms with Crippen LogP contribution in [0, 0.1) is 17.2 Å². The minimum atomic E-state index is -2.16. The maximum Gasteiger partial charge on any atom is 1.00 e. The third kappa shape index (κ3) is 16.8. The number of carbonyl (C=O) groups is 7. The van der Waals surface area contributed by atoms with Gasteiger partial charge in [0.2, 0.25) is 35.4 Å². The predicted octanol–water partition coefficient (Wildman–Crippen LogP) is -5.40. The molecule has 0 bridgehead atoms. The van der Waals surface area contributed by atoms with Gasteiger partial charge in [-0.3, -0.25) is 38.6 Å². The van der Waals surface area contributed by atoms with Gasteiger partial charge in [-0.05, 0) is 80.3 Å². The second-order valence-electron chi connectivity index (χ2n) is 21.5. The van der Waals surface area contributed by atoms with Crippen molar-refractivity contribution < 1.29 is 118 Å². The first kappa shape index (κ1) is 67.9. The number of fused-ring (bicyclic) bond motifs is 2. The molecule has 7 unspecified atom stereocenters. The van der Waals surface area contributed by atoms with E-state index in [1.165, 1.54) is 42.9 Å². The summed E-state index contributed by atoms with van der Waals surface area (Å²) in [5.74, 6) is -9.71. The van der Waals surface area contributed by atoms with Crippen molar-refractivity contribution in [2.24, 2.45) is 5.92 Å². The summed E-state index contributed by atoms with van der Waals surface area (Å²) in [4.78, 5) is 105. The number of aromatic nitrogens is 2. The third-order valence-electron chi connectivity index (χ3n) is 15.3. The Hall–Kier alpha value is -6.61. The normalized spacial score (nSPS) is 26.3. The van der Waals surface area contributed by atoms with Crippen LogP contribution >= 0.6 is 23.7 Å². The van der Waals surface area contributed by atoms with Crippen molar-refractivity contribution in [1.29, 1.82) is 5.26 Å². The van der Waals surface area contributed by atoms with Gasteiger partial charge >= 0.3 is 29.6 Å². The van der Waals surface area contributed by atoms with Crippen molar-refractivity contribution in [2.75, 3.05) is 37.6 Å². The molecule has 0 spiro atoms.